The molecule has 3 aromatic carbocycles. The van der Waals surface area contributed by atoms with E-state index in [0.717, 1.165) is 35.6 Å². The first-order valence-corrected chi connectivity index (χ1v) is 11.1. The summed E-state index contributed by atoms with van der Waals surface area (Å²) < 4.78 is 11.4. The van der Waals surface area contributed by atoms with Crippen LogP contribution < -0.4 is 20.1 Å². The van der Waals surface area contributed by atoms with Crippen LogP contribution in [0, 0.1) is 0 Å². The fourth-order valence-corrected chi connectivity index (χ4v) is 3.23. The zero-order chi connectivity index (χ0) is 22.6. The molecule has 3 rings (SSSR count). The number of anilines is 1. The Morgan fingerprint density at radius 2 is 1.53 bits per heavy atom. The monoisotopic (exact) mass is 432 g/mol. The van der Waals surface area contributed by atoms with Crippen molar-refractivity contribution in [2.75, 3.05) is 18.5 Å². The zero-order valence-electron chi connectivity index (χ0n) is 18.8. The van der Waals surface area contributed by atoms with Crippen LogP contribution in [0.1, 0.15) is 31.4 Å². The predicted molar refractivity (Wildman–Crippen MR) is 129 cm³/mol. The van der Waals surface area contributed by atoms with E-state index < -0.39 is 0 Å². The van der Waals surface area contributed by atoms with E-state index in [4.69, 9.17) is 9.47 Å². The van der Waals surface area contributed by atoms with Gasteiger partial charge in [-0.15, -0.1) is 0 Å². The van der Waals surface area contributed by atoms with Gasteiger partial charge in [0.2, 0.25) is 5.91 Å². The van der Waals surface area contributed by atoms with E-state index in [9.17, 15) is 4.79 Å². The Labute approximate surface area is 190 Å². The van der Waals surface area contributed by atoms with Crippen molar-refractivity contribution in [3.8, 4) is 11.5 Å². The third-order valence-corrected chi connectivity index (χ3v) is 4.77. The van der Waals surface area contributed by atoms with Crippen LogP contribution >= 0.6 is 0 Å². The van der Waals surface area contributed by atoms with Crippen LogP contribution in [0.15, 0.2) is 78.9 Å². The largest absolute Gasteiger partial charge is 0.494 e. The molecule has 0 radical (unpaired) electrons. The number of amides is 1. The zero-order valence-corrected chi connectivity index (χ0v) is 18.8. The molecule has 0 heterocycles. The molecule has 2 N–H and O–H groups in total. The van der Waals surface area contributed by atoms with Gasteiger partial charge in [-0.1, -0.05) is 42.5 Å². The van der Waals surface area contributed by atoms with Crippen molar-refractivity contribution in [2.45, 2.75) is 39.3 Å². The van der Waals surface area contributed by atoms with Gasteiger partial charge in [-0.3, -0.25) is 4.79 Å². The molecule has 5 heteroatoms. The summed E-state index contributed by atoms with van der Waals surface area (Å²) in [6.45, 7) is 5.52. The highest BCUT2D eigenvalue weighted by atomic mass is 16.5. The van der Waals surface area contributed by atoms with Crippen molar-refractivity contribution in [2.24, 2.45) is 0 Å². The van der Waals surface area contributed by atoms with E-state index in [2.05, 4.69) is 34.9 Å². The Hall–Kier alpha value is -3.31. The number of carbonyl (C=O) groups excluding carboxylic acids is 1. The van der Waals surface area contributed by atoms with Crippen LogP contribution in [-0.4, -0.2) is 25.2 Å². The minimum absolute atomic E-state index is 0.0821. The van der Waals surface area contributed by atoms with Crippen molar-refractivity contribution in [3.63, 3.8) is 0 Å². The van der Waals surface area contributed by atoms with E-state index in [-0.39, 0.29) is 18.6 Å². The molecule has 0 aliphatic carbocycles. The van der Waals surface area contributed by atoms with Crippen LogP contribution in [0.3, 0.4) is 0 Å². The number of aryl methyl sites for hydroxylation is 1. The smallest absolute Gasteiger partial charge is 0.238 e. The normalized spacial score (nSPS) is 10.7. The molecule has 0 spiro atoms. The van der Waals surface area contributed by atoms with E-state index in [1.54, 1.807) is 0 Å². The van der Waals surface area contributed by atoms with Crippen LogP contribution in [0.25, 0.3) is 0 Å². The van der Waals surface area contributed by atoms with Gasteiger partial charge in [0, 0.05) is 12.2 Å². The SMILES string of the molecule is CC(C)Oc1ccc(CNCC(=O)Nc2ccc(OCCCc3ccccc3)cc2)cc1. The molecule has 0 fully saturated rings. The van der Waals surface area contributed by atoms with E-state index >= 15 is 0 Å². The van der Waals surface area contributed by atoms with Crippen LogP contribution in [0.2, 0.25) is 0 Å². The fourth-order valence-electron chi connectivity index (χ4n) is 3.23. The molecule has 0 aromatic heterocycles. The van der Waals surface area contributed by atoms with Crippen LogP contribution in [-0.2, 0) is 17.8 Å². The minimum Gasteiger partial charge on any atom is -0.494 e. The second-order valence-electron chi connectivity index (χ2n) is 7.92. The predicted octanol–water partition coefficient (Wildman–Crippen LogP) is 5.21. The lowest BCUT2D eigenvalue weighted by Crippen LogP contribution is -2.27. The number of nitrogens with one attached hydrogen (secondary N) is 2. The van der Waals surface area contributed by atoms with Crippen molar-refractivity contribution in [1.29, 1.82) is 0 Å². The molecule has 0 saturated heterocycles. The molecule has 0 unspecified atom stereocenters. The fraction of sp³-hybridized carbons (Fsp3) is 0.296. The first-order chi connectivity index (χ1) is 15.6. The van der Waals surface area contributed by atoms with Crippen molar-refractivity contribution in [1.82, 2.24) is 5.32 Å². The summed E-state index contributed by atoms with van der Waals surface area (Å²) in [7, 11) is 0. The molecule has 0 bridgehead atoms. The Kier molecular flexibility index (Phi) is 9.14. The highest BCUT2D eigenvalue weighted by Crippen LogP contribution is 2.16. The van der Waals surface area contributed by atoms with Gasteiger partial charge >= 0.3 is 0 Å². The molecule has 0 saturated carbocycles. The summed E-state index contributed by atoms with van der Waals surface area (Å²) >= 11 is 0. The number of ether oxygens (including phenoxy) is 2. The molecule has 3 aromatic rings. The van der Waals surface area contributed by atoms with Gasteiger partial charge in [0.25, 0.3) is 0 Å². The topological polar surface area (TPSA) is 59.6 Å². The average molecular weight is 433 g/mol. The summed E-state index contributed by atoms with van der Waals surface area (Å²) in [6.07, 6.45) is 2.11. The highest BCUT2D eigenvalue weighted by Gasteiger charge is 2.04. The molecule has 5 nitrogen and oxygen atoms in total. The third-order valence-electron chi connectivity index (χ3n) is 4.77. The molecular weight excluding hydrogens is 400 g/mol. The standard InChI is InChI=1S/C27H32N2O3/c1-21(2)32-26-14-10-23(11-15-26)19-28-20-27(30)29-24-12-16-25(17-13-24)31-18-6-9-22-7-4-3-5-8-22/h3-5,7-8,10-17,21,28H,6,9,18-20H2,1-2H3,(H,29,30). The lowest BCUT2D eigenvalue weighted by atomic mass is 10.1. The lowest BCUT2D eigenvalue weighted by molar-refractivity contribution is -0.115. The number of hydrogen-bond acceptors (Lipinski definition) is 4. The molecular formula is C27H32N2O3. The first-order valence-electron chi connectivity index (χ1n) is 11.1. The highest BCUT2D eigenvalue weighted by molar-refractivity contribution is 5.92. The number of carbonyl (C=O) groups is 1. The minimum atomic E-state index is -0.0821. The molecule has 32 heavy (non-hydrogen) atoms. The molecule has 0 atom stereocenters. The van der Waals surface area contributed by atoms with Crippen LogP contribution in [0.4, 0.5) is 5.69 Å². The second-order valence-corrected chi connectivity index (χ2v) is 7.92. The molecule has 1 amide bonds. The van der Waals surface area contributed by atoms with Gasteiger partial charge in [0.05, 0.1) is 19.3 Å². The van der Waals surface area contributed by atoms with Crippen molar-refractivity contribution in [3.05, 3.63) is 90.0 Å². The lowest BCUT2D eigenvalue weighted by Gasteiger charge is -2.11. The summed E-state index contributed by atoms with van der Waals surface area (Å²) in [4.78, 5) is 12.2. The van der Waals surface area contributed by atoms with Gasteiger partial charge in [-0.25, -0.2) is 0 Å². The van der Waals surface area contributed by atoms with E-state index in [1.807, 2.05) is 68.4 Å². The maximum Gasteiger partial charge on any atom is 0.238 e. The Morgan fingerprint density at radius 1 is 0.844 bits per heavy atom. The molecule has 0 aliphatic rings. The van der Waals surface area contributed by atoms with Gasteiger partial charge < -0.3 is 20.1 Å². The van der Waals surface area contributed by atoms with Gasteiger partial charge in [0.1, 0.15) is 11.5 Å². The van der Waals surface area contributed by atoms with E-state index in [0.29, 0.717) is 13.2 Å². The summed E-state index contributed by atoms with van der Waals surface area (Å²) in [5.74, 6) is 1.57. The quantitative estimate of drug-likeness (QED) is 0.386. The Balaban J connectivity index is 1.32. The average Bonchev–Trinajstić information content (AvgIpc) is 2.79. The maximum absolute atomic E-state index is 12.2. The van der Waals surface area contributed by atoms with Crippen LogP contribution in [0.5, 0.6) is 11.5 Å². The Morgan fingerprint density at radius 3 is 2.22 bits per heavy atom. The summed E-state index contributed by atoms with van der Waals surface area (Å²) in [5.41, 5.74) is 3.17. The van der Waals surface area contributed by atoms with Gasteiger partial charge in [-0.2, -0.15) is 0 Å². The molecule has 168 valence electrons. The molecule has 0 aliphatic heterocycles. The first kappa shape index (κ1) is 23.4. The Bertz CT molecular complexity index is 939. The summed E-state index contributed by atoms with van der Waals surface area (Å²) in [6, 6.07) is 25.8. The van der Waals surface area contributed by atoms with E-state index in [1.165, 1.54) is 5.56 Å². The number of hydrogen-bond donors (Lipinski definition) is 2. The van der Waals surface area contributed by atoms with Gasteiger partial charge in [-0.05, 0) is 74.2 Å². The summed E-state index contributed by atoms with van der Waals surface area (Å²) in [5, 5.41) is 6.06. The van der Waals surface area contributed by atoms with Crippen molar-refractivity contribution >= 4 is 11.6 Å². The number of rotatable bonds is 12. The van der Waals surface area contributed by atoms with Crippen molar-refractivity contribution < 1.29 is 14.3 Å². The van der Waals surface area contributed by atoms with Gasteiger partial charge in [0.15, 0.2) is 0 Å². The maximum atomic E-state index is 12.2. The number of benzene rings is 3. The third kappa shape index (κ3) is 8.44. The second kappa shape index (κ2) is 12.5.